The molecule has 1 atom stereocenters. The van der Waals surface area contributed by atoms with E-state index in [1.165, 1.54) is 6.07 Å². The molecule has 0 bridgehead atoms. The summed E-state index contributed by atoms with van der Waals surface area (Å²) in [4.78, 5) is 22.5. The Hall–Kier alpha value is -1.98. The van der Waals surface area contributed by atoms with Crippen LogP contribution in [-0.4, -0.2) is 23.0 Å². The number of amides is 1. The van der Waals surface area contributed by atoms with E-state index in [9.17, 15) is 18.4 Å². The van der Waals surface area contributed by atoms with Crippen LogP contribution in [0.3, 0.4) is 0 Å². The lowest BCUT2D eigenvalue weighted by atomic mass is 10.1. The molecule has 1 amide bonds. The molecule has 0 aromatic heterocycles. The Morgan fingerprint density at radius 3 is 2.61 bits per heavy atom. The van der Waals surface area contributed by atoms with E-state index in [0.717, 1.165) is 12.1 Å². The maximum absolute atomic E-state index is 13.3. The van der Waals surface area contributed by atoms with Gasteiger partial charge in [0.15, 0.2) is 11.6 Å². The van der Waals surface area contributed by atoms with Crippen LogP contribution in [0.1, 0.15) is 30.1 Å². The van der Waals surface area contributed by atoms with Crippen molar-refractivity contribution < 1.29 is 23.5 Å². The molecule has 4 nitrogen and oxygen atoms in total. The zero-order chi connectivity index (χ0) is 13.7. The Bertz CT molecular complexity index is 463. The van der Waals surface area contributed by atoms with Crippen LogP contribution in [0.4, 0.5) is 8.78 Å². The van der Waals surface area contributed by atoms with Gasteiger partial charge < -0.3 is 10.4 Å². The number of carboxylic acids is 1. The van der Waals surface area contributed by atoms with Crippen LogP contribution in [0.25, 0.3) is 0 Å². The van der Waals surface area contributed by atoms with Crippen molar-refractivity contribution in [1.82, 2.24) is 5.32 Å². The molecule has 6 heteroatoms. The van der Waals surface area contributed by atoms with E-state index < -0.39 is 35.1 Å². The number of carboxylic acid groups (broad SMARTS) is 1. The quantitative estimate of drug-likeness (QED) is 0.847. The van der Waals surface area contributed by atoms with Crippen LogP contribution in [-0.2, 0) is 4.79 Å². The van der Waals surface area contributed by atoms with Gasteiger partial charge in [-0.25, -0.2) is 13.6 Å². The molecular formula is C12H13F2NO3. The van der Waals surface area contributed by atoms with Gasteiger partial charge in [-0.3, -0.25) is 4.79 Å². The third-order valence-corrected chi connectivity index (χ3v) is 2.38. The van der Waals surface area contributed by atoms with Crippen molar-refractivity contribution in [2.45, 2.75) is 25.8 Å². The standard InChI is InChI=1S/C12H13F2NO3/c1-2-4-9(12(17)18)15-11(16)7-5-3-6-8(13)10(7)14/h3,5-6,9H,2,4H2,1H3,(H,15,16)(H,17,18)/t9-/m0/s1. The number of rotatable bonds is 5. The van der Waals surface area contributed by atoms with Crippen molar-refractivity contribution in [2.24, 2.45) is 0 Å². The number of carbonyl (C=O) groups excluding carboxylic acids is 1. The summed E-state index contributed by atoms with van der Waals surface area (Å²) in [5, 5.41) is 11.0. The number of aliphatic carboxylic acids is 1. The molecule has 0 aliphatic heterocycles. The Morgan fingerprint density at radius 2 is 2.06 bits per heavy atom. The molecule has 0 aliphatic rings. The van der Waals surface area contributed by atoms with Gasteiger partial charge in [-0.15, -0.1) is 0 Å². The number of benzene rings is 1. The fraction of sp³-hybridized carbons (Fsp3) is 0.333. The molecule has 0 radical (unpaired) electrons. The van der Waals surface area contributed by atoms with E-state index in [1.807, 2.05) is 0 Å². The molecule has 0 unspecified atom stereocenters. The van der Waals surface area contributed by atoms with E-state index in [1.54, 1.807) is 6.92 Å². The van der Waals surface area contributed by atoms with Crippen molar-refractivity contribution in [3.63, 3.8) is 0 Å². The summed E-state index contributed by atoms with van der Waals surface area (Å²) in [7, 11) is 0. The highest BCUT2D eigenvalue weighted by Crippen LogP contribution is 2.11. The fourth-order valence-electron chi connectivity index (χ4n) is 1.46. The predicted molar refractivity (Wildman–Crippen MR) is 60.2 cm³/mol. The Morgan fingerprint density at radius 1 is 1.39 bits per heavy atom. The third kappa shape index (κ3) is 3.26. The number of carbonyl (C=O) groups is 2. The first-order valence-corrected chi connectivity index (χ1v) is 5.45. The minimum absolute atomic E-state index is 0.220. The number of hydrogen-bond donors (Lipinski definition) is 2. The summed E-state index contributed by atoms with van der Waals surface area (Å²) < 4.78 is 26.2. The number of halogens is 2. The van der Waals surface area contributed by atoms with E-state index in [4.69, 9.17) is 5.11 Å². The minimum Gasteiger partial charge on any atom is -0.480 e. The van der Waals surface area contributed by atoms with Gasteiger partial charge in [-0.05, 0) is 18.6 Å². The number of hydrogen-bond acceptors (Lipinski definition) is 2. The zero-order valence-electron chi connectivity index (χ0n) is 9.74. The lowest BCUT2D eigenvalue weighted by Gasteiger charge is -2.13. The zero-order valence-corrected chi connectivity index (χ0v) is 9.74. The van der Waals surface area contributed by atoms with Crippen molar-refractivity contribution >= 4 is 11.9 Å². The highest BCUT2D eigenvalue weighted by molar-refractivity contribution is 5.96. The topological polar surface area (TPSA) is 66.4 Å². The second-order valence-corrected chi connectivity index (χ2v) is 3.75. The van der Waals surface area contributed by atoms with Crippen molar-refractivity contribution in [3.8, 4) is 0 Å². The second-order valence-electron chi connectivity index (χ2n) is 3.75. The molecule has 1 aromatic carbocycles. The highest BCUT2D eigenvalue weighted by Gasteiger charge is 2.22. The summed E-state index contributed by atoms with van der Waals surface area (Å²) in [6.07, 6.45) is 0.765. The van der Waals surface area contributed by atoms with Crippen LogP contribution in [0.15, 0.2) is 18.2 Å². The van der Waals surface area contributed by atoms with E-state index >= 15 is 0 Å². The summed E-state index contributed by atoms with van der Waals surface area (Å²) >= 11 is 0. The van der Waals surface area contributed by atoms with E-state index in [2.05, 4.69) is 5.32 Å². The second kappa shape index (κ2) is 6.09. The molecule has 0 saturated heterocycles. The fourth-order valence-corrected chi connectivity index (χ4v) is 1.46. The maximum atomic E-state index is 13.3. The maximum Gasteiger partial charge on any atom is 0.326 e. The molecule has 18 heavy (non-hydrogen) atoms. The van der Waals surface area contributed by atoms with Crippen LogP contribution in [0.5, 0.6) is 0 Å². The first kappa shape index (κ1) is 14.1. The highest BCUT2D eigenvalue weighted by atomic mass is 19.2. The SMILES string of the molecule is CCC[C@H](NC(=O)c1cccc(F)c1F)C(=O)O. The predicted octanol–water partition coefficient (Wildman–Crippen LogP) is 1.95. The molecule has 0 spiro atoms. The molecular weight excluding hydrogens is 244 g/mol. The molecule has 0 fully saturated rings. The van der Waals surface area contributed by atoms with Crippen LogP contribution < -0.4 is 5.32 Å². The van der Waals surface area contributed by atoms with Gasteiger partial charge in [-0.1, -0.05) is 19.4 Å². The van der Waals surface area contributed by atoms with E-state index in [0.29, 0.717) is 6.42 Å². The summed E-state index contributed by atoms with van der Waals surface area (Å²) in [6, 6.07) is 2.05. The average Bonchev–Trinajstić information content (AvgIpc) is 2.31. The third-order valence-electron chi connectivity index (χ3n) is 2.38. The van der Waals surface area contributed by atoms with Gasteiger partial charge in [0.05, 0.1) is 5.56 Å². The largest absolute Gasteiger partial charge is 0.480 e. The van der Waals surface area contributed by atoms with Crippen LogP contribution in [0.2, 0.25) is 0 Å². The molecule has 2 N–H and O–H groups in total. The first-order valence-electron chi connectivity index (χ1n) is 5.45. The number of nitrogens with one attached hydrogen (secondary N) is 1. The van der Waals surface area contributed by atoms with Gasteiger partial charge in [0.2, 0.25) is 0 Å². The van der Waals surface area contributed by atoms with Gasteiger partial charge in [0, 0.05) is 0 Å². The Balaban J connectivity index is 2.87. The van der Waals surface area contributed by atoms with Gasteiger partial charge in [0.25, 0.3) is 5.91 Å². The molecule has 98 valence electrons. The molecule has 1 rings (SSSR count). The molecule has 0 saturated carbocycles. The van der Waals surface area contributed by atoms with Gasteiger partial charge >= 0.3 is 5.97 Å². The smallest absolute Gasteiger partial charge is 0.326 e. The van der Waals surface area contributed by atoms with Gasteiger partial charge in [0.1, 0.15) is 6.04 Å². The van der Waals surface area contributed by atoms with Crippen molar-refractivity contribution in [2.75, 3.05) is 0 Å². The molecule has 0 heterocycles. The average molecular weight is 257 g/mol. The van der Waals surface area contributed by atoms with Gasteiger partial charge in [-0.2, -0.15) is 0 Å². The Labute approximate surface area is 103 Å². The summed E-state index contributed by atoms with van der Waals surface area (Å²) in [5.41, 5.74) is -0.502. The normalized spacial score (nSPS) is 11.9. The van der Waals surface area contributed by atoms with Crippen molar-refractivity contribution in [1.29, 1.82) is 0 Å². The summed E-state index contributed by atoms with van der Waals surface area (Å²) in [5.74, 6) is -4.57. The minimum atomic E-state index is -1.28. The molecule has 1 aromatic rings. The lowest BCUT2D eigenvalue weighted by Crippen LogP contribution is -2.41. The van der Waals surface area contributed by atoms with E-state index in [-0.39, 0.29) is 6.42 Å². The van der Waals surface area contributed by atoms with Crippen LogP contribution >= 0.6 is 0 Å². The molecule has 0 aliphatic carbocycles. The summed E-state index contributed by atoms with van der Waals surface area (Å²) in [6.45, 7) is 1.75. The first-order chi connectivity index (χ1) is 8.47. The van der Waals surface area contributed by atoms with Crippen molar-refractivity contribution in [3.05, 3.63) is 35.4 Å². The lowest BCUT2D eigenvalue weighted by molar-refractivity contribution is -0.139. The monoisotopic (exact) mass is 257 g/mol. The Kier molecular flexibility index (Phi) is 4.76. The van der Waals surface area contributed by atoms with Crippen LogP contribution in [0, 0.1) is 11.6 Å².